The molecule has 0 fully saturated rings. The highest BCUT2D eigenvalue weighted by Crippen LogP contribution is 2.10. The Kier molecular flexibility index (Phi) is 6.21. The van der Waals surface area contributed by atoms with Crippen molar-refractivity contribution in [2.45, 2.75) is 26.8 Å². The number of aromatic nitrogens is 2. The van der Waals surface area contributed by atoms with Crippen molar-refractivity contribution in [1.82, 2.24) is 15.5 Å². The van der Waals surface area contributed by atoms with Gasteiger partial charge in [-0.05, 0) is 25.0 Å². The predicted octanol–water partition coefficient (Wildman–Crippen LogP) is 1.31. The number of methoxy groups -OCH3 is 1. The van der Waals surface area contributed by atoms with Crippen LogP contribution in [0, 0.1) is 5.92 Å². The molecular formula is C13H22N4O2. The molecule has 0 aliphatic carbocycles. The van der Waals surface area contributed by atoms with Crippen molar-refractivity contribution in [3.05, 3.63) is 17.8 Å². The molecule has 1 atom stereocenters. The molecule has 0 saturated heterocycles. The van der Waals surface area contributed by atoms with Gasteiger partial charge >= 0.3 is 0 Å². The molecule has 0 aromatic carbocycles. The van der Waals surface area contributed by atoms with Crippen molar-refractivity contribution < 1.29 is 9.53 Å². The minimum absolute atomic E-state index is 0.162. The van der Waals surface area contributed by atoms with Crippen LogP contribution in [0.1, 0.15) is 31.3 Å². The third-order valence-electron chi connectivity index (χ3n) is 2.72. The average molecular weight is 266 g/mol. The zero-order valence-corrected chi connectivity index (χ0v) is 11.9. The first-order valence-corrected chi connectivity index (χ1v) is 6.45. The zero-order valence-electron chi connectivity index (χ0n) is 11.9. The van der Waals surface area contributed by atoms with E-state index in [1.165, 1.54) is 0 Å². The lowest BCUT2D eigenvalue weighted by atomic mass is 10.1. The van der Waals surface area contributed by atoms with Gasteiger partial charge in [0.25, 0.3) is 5.91 Å². The number of nitrogens with zero attached hydrogens (tertiary/aromatic N) is 2. The van der Waals surface area contributed by atoms with E-state index in [1.54, 1.807) is 19.2 Å². The van der Waals surface area contributed by atoms with Crippen molar-refractivity contribution >= 4 is 11.7 Å². The fraction of sp³-hybridized carbons (Fsp3) is 0.615. The minimum atomic E-state index is -0.209. The standard InChI is InChI=1S/C13H22N4O2/c1-5-14-13(18)10-6-7-12(17-16-10)15-11(8-19-4)9(2)3/h6-7,9,11H,5,8H2,1-4H3,(H,14,18)(H,15,17). The van der Waals surface area contributed by atoms with E-state index in [0.717, 1.165) is 0 Å². The van der Waals surface area contributed by atoms with Gasteiger partial charge < -0.3 is 15.4 Å². The Bertz CT molecular complexity index is 392. The van der Waals surface area contributed by atoms with Gasteiger partial charge in [0.05, 0.1) is 12.6 Å². The molecule has 6 nitrogen and oxygen atoms in total. The Morgan fingerprint density at radius 3 is 2.58 bits per heavy atom. The number of ether oxygens (including phenoxy) is 1. The summed E-state index contributed by atoms with van der Waals surface area (Å²) in [6.45, 7) is 7.24. The molecule has 1 unspecified atom stereocenters. The van der Waals surface area contributed by atoms with Crippen molar-refractivity contribution in [2.24, 2.45) is 5.92 Å². The number of hydrogen-bond acceptors (Lipinski definition) is 5. The van der Waals surface area contributed by atoms with Gasteiger partial charge in [0.1, 0.15) is 5.82 Å². The highest BCUT2D eigenvalue weighted by molar-refractivity contribution is 5.92. The molecule has 0 spiro atoms. The summed E-state index contributed by atoms with van der Waals surface area (Å²) in [6, 6.07) is 3.57. The van der Waals surface area contributed by atoms with E-state index in [2.05, 4.69) is 34.7 Å². The summed E-state index contributed by atoms with van der Waals surface area (Å²) in [4.78, 5) is 11.5. The van der Waals surface area contributed by atoms with Crippen LogP contribution >= 0.6 is 0 Å². The fourth-order valence-corrected chi connectivity index (χ4v) is 1.55. The van der Waals surface area contributed by atoms with Crippen molar-refractivity contribution in [1.29, 1.82) is 0 Å². The molecule has 1 aromatic heterocycles. The number of nitrogens with one attached hydrogen (secondary N) is 2. The molecule has 19 heavy (non-hydrogen) atoms. The van der Waals surface area contributed by atoms with Crippen LogP contribution in [0.2, 0.25) is 0 Å². The monoisotopic (exact) mass is 266 g/mol. The number of anilines is 1. The average Bonchev–Trinajstić information content (AvgIpc) is 2.39. The fourth-order valence-electron chi connectivity index (χ4n) is 1.55. The number of rotatable bonds is 7. The number of hydrogen-bond donors (Lipinski definition) is 2. The second-order valence-electron chi connectivity index (χ2n) is 4.61. The number of carbonyl (C=O) groups excluding carboxylic acids is 1. The first-order chi connectivity index (χ1) is 9.08. The zero-order chi connectivity index (χ0) is 14.3. The first-order valence-electron chi connectivity index (χ1n) is 6.45. The third kappa shape index (κ3) is 4.82. The molecular weight excluding hydrogens is 244 g/mol. The number of carbonyl (C=O) groups is 1. The summed E-state index contributed by atoms with van der Waals surface area (Å²) in [7, 11) is 1.67. The molecule has 1 heterocycles. The van der Waals surface area contributed by atoms with Gasteiger partial charge in [-0.25, -0.2) is 0 Å². The van der Waals surface area contributed by atoms with Crippen LogP contribution in [0.25, 0.3) is 0 Å². The van der Waals surface area contributed by atoms with Gasteiger partial charge in [-0.1, -0.05) is 13.8 Å². The van der Waals surface area contributed by atoms with Crippen molar-refractivity contribution in [2.75, 3.05) is 25.6 Å². The van der Waals surface area contributed by atoms with E-state index >= 15 is 0 Å². The van der Waals surface area contributed by atoms with Gasteiger partial charge in [0.15, 0.2) is 5.69 Å². The van der Waals surface area contributed by atoms with Gasteiger partial charge in [-0.15, -0.1) is 10.2 Å². The lowest BCUT2D eigenvalue weighted by molar-refractivity contribution is 0.0950. The van der Waals surface area contributed by atoms with E-state index in [9.17, 15) is 4.79 Å². The molecule has 0 bridgehead atoms. The van der Waals surface area contributed by atoms with E-state index in [-0.39, 0.29) is 11.9 Å². The highest BCUT2D eigenvalue weighted by Gasteiger charge is 2.14. The molecule has 2 N–H and O–H groups in total. The molecule has 1 rings (SSSR count). The summed E-state index contributed by atoms with van der Waals surface area (Å²) >= 11 is 0. The van der Waals surface area contributed by atoms with Crippen LogP contribution in [0.5, 0.6) is 0 Å². The highest BCUT2D eigenvalue weighted by atomic mass is 16.5. The molecule has 6 heteroatoms. The maximum Gasteiger partial charge on any atom is 0.271 e. The number of amides is 1. The van der Waals surface area contributed by atoms with Crippen LogP contribution in [0.3, 0.4) is 0 Å². The van der Waals surface area contributed by atoms with E-state index in [4.69, 9.17) is 4.74 Å². The van der Waals surface area contributed by atoms with Gasteiger partial charge in [0.2, 0.25) is 0 Å². The van der Waals surface area contributed by atoms with Crippen molar-refractivity contribution in [3.63, 3.8) is 0 Å². The van der Waals surface area contributed by atoms with E-state index < -0.39 is 0 Å². The molecule has 0 aliphatic heterocycles. The van der Waals surface area contributed by atoms with E-state index in [1.807, 2.05) is 6.92 Å². The van der Waals surface area contributed by atoms with Crippen LogP contribution < -0.4 is 10.6 Å². The van der Waals surface area contributed by atoms with Gasteiger partial charge in [-0.3, -0.25) is 4.79 Å². The Morgan fingerprint density at radius 2 is 2.11 bits per heavy atom. The summed E-state index contributed by atoms with van der Waals surface area (Å²) < 4.78 is 5.16. The van der Waals surface area contributed by atoms with Gasteiger partial charge in [-0.2, -0.15) is 0 Å². The lowest BCUT2D eigenvalue weighted by Crippen LogP contribution is -2.31. The topological polar surface area (TPSA) is 76.1 Å². The van der Waals surface area contributed by atoms with Crippen LogP contribution in [0.15, 0.2) is 12.1 Å². The van der Waals surface area contributed by atoms with Crippen LogP contribution in [0.4, 0.5) is 5.82 Å². The Morgan fingerprint density at radius 1 is 1.37 bits per heavy atom. The third-order valence-corrected chi connectivity index (χ3v) is 2.72. The normalized spacial score (nSPS) is 12.3. The molecule has 0 aliphatic rings. The summed E-state index contributed by atoms with van der Waals surface area (Å²) in [6.07, 6.45) is 0. The van der Waals surface area contributed by atoms with Crippen LogP contribution in [-0.2, 0) is 4.74 Å². The quantitative estimate of drug-likeness (QED) is 0.778. The molecule has 1 amide bonds. The molecule has 106 valence electrons. The van der Waals surface area contributed by atoms with Gasteiger partial charge in [0, 0.05) is 13.7 Å². The second-order valence-corrected chi connectivity index (χ2v) is 4.61. The Labute approximate surface area is 113 Å². The van der Waals surface area contributed by atoms with E-state index in [0.29, 0.717) is 30.6 Å². The minimum Gasteiger partial charge on any atom is -0.383 e. The molecule has 0 saturated carbocycles. The Hall–Kier alpha value is -1.69. The maximum atomic E-state index is 11.5. The summed E-state index contributed by atoms with van der Waals surface area (Å²) in [5.74, 6) is 0.840. The smallest absolute Gasteiger partial charge is 0.271 e. The van der Waals surface area contributed by atoms with Crippen LogP contribution in [-0.4, -0.2) is 42.4 Å². The predicted molar refractivity (Wildman–Crippen MR) is 74.2 cm³/mol. The maximum absolute atomic E-state index is 11.5. The lowest BCUT2D eigenvalue weighted by Gasteiger charge is -2.21. The summed E-state index contributed by atoms with van der Waals surface area (Å²) in [5, 5.41) is 13.8. The first kappa shape index (κ1) is 15.4. The molecule has 1 aromatic rings. The second kappa shape index (κ2) is 7.68. The molecule has 0 radical (unpaired) electrons. The summed E-state index contributed by atoms with van der Waals surface area (Å²) in [5.41, 5.74) is 0.320. The van der Waals surface area contributed by atoms with Crippen molar-refractivity contribution in [3.8, 4) is 0 Å². The largest absolute Gasteiger partial charge is 0.383 e. The SMILES string of the molecule is CCNC(=O)c1ccc(NC(COC)C(C)C)nn1. The Balaban J connectivity index is 2.67.